The summed E-state index contributed by atoms with van der Waals surface area (Å²) in [7, 11) is 0. The topological polar surface area (TPSA) is 38.5 Å². The number of rotatable bonds is 4. The number of hydrogen-bond acceptors (Lipinski definition) is 3. The van der Waals surface area contributed by atoms with Gasteiger partial charge in [-0.15, -0.1) is 0 Å². The maximum Gasteiger partial charge on any atom is 0.0642 e. The third kappa shape index (κ3) is 3.44. The number of halogens is 1. The molecule has 1 aromatic rings. The van der Waals surface area contributed by atoms with Crippen molar-refractivity contribution in [1.29, 1.82) is 0 Å². The Morgan fingerprint density at radius 2 is 2.06 bits per heavy atom. The summed E-state index contributed by atoms with van der Waals surface area (Å²) in [6, 6.07) is 6.51. The Morgan fingerprint density at radius 3 is 2.76 bits per heavy atom. The number of morpholine rings is 1. The zero-order chi connectivity index (χ0) is 12.1. The zero-order valence-electron chi connectivity index (χ0n) is 9.99. The molecule has 0 unspecified atom stereocenters. The van der Waals surface area contributed by atoms with Crippen LogP contribution in [0, 0.1) is 0 Å². The minimum absolute atomic E-state index is 0.749. The Kier molecular flexibility index (Phi) is 4.83. The monoisotopic (exact) mass is 298 g/mol. The number of nitrogens with zero attached hydrogens (tertiary/aromatic N) is 1. The van der Waals surface area contributed by atoms with Gasteiger partial charge in [-0.3, -0.25) is 0 Å². The summed E-state index contributed by atoms with van der Waals surface area (Å²) < 4.78 is 6.53. The van der Waals surface area contributed by atoms with E-state index in [0.29, 0.717) is 0 Å². The van der Waals surface area contributed by atoms with Crippen molar-refractivity contribution in [3.8, 4) is 0 Å². The summed E-state index contributed by atoms with van der Waals surface area (Å²) in [6.45, 7) is 4.35. The third-order valence-electron chi connectivity index (χ3n) is 3.05. The lowest BCUT2D eigenvalue weighted by Gasteiger charge is -2.31. The van der Waals surface area contributed by atoms with Crippen LogP contribution in [-0.2, 0) is 11.2 Å². The van der Waals surface area contributed by atoms with Gasteiger partial charge in [0.2, 0.25) is 0 Å². The molecule has 4 heteroatoms. The van der Waals surface area contributed by atoms with Gasteiger partial charge in [0.25, 0.3) is 0 Å². The molecule has 1 fully saturated rings. The van der Waals surface area contributed by atoms with Crippen molar-refractivity contribution in [1.82, 2.24) is 0 Å². The van der Waals surface area contributed by atoms with Crippen molar-refractivity contribution in [3.05, 3.63) is 28.2 Å². The molecule has 3 nitrogen and oxygen atoms in total. The van der Waals surface area contributed by atoms with Gasteiger partial charge in [0.15, 0.2) is 0 Å². The van der Waals surface area contributed by atoms with Gasteiger partial charge in [0, 0.05) is 23.2 Å². The number of nitrogens with two attached hydrogens (primary N) is 1. The van der Waals surface area contributed by atoms with Crippen LogP contribution in [0.2, 0.25) is 0 Å². The molecule has 1 heterocycles. The summed E-state index contributed by atoms with van der Waals surface area (Å²) in [5.74, 6) is 0. The predicted octanol–water partition coefficient (Wildman–Crippen LogP) is 2.18. The Labute approximate surface area is 111 Å². The Balaban J connectivity index is 2.19. The van der Waals surface area contributed by atoms with Gasteiger partial charge < -0.3 is 15.4 Å². The van der Waals surface area contributed by atoms with Crippen LogP contribution in [0.3, 0.4) is 0 Å². The van der Waals surface area contributed by atoms with Gasteiger partial charge in [-0.2, -0.15) is 0 Å². The summed E-state index contributed by atoms with van der Waals surface area (Å²) >= 11 is 3.55. The molecule has 0 amide bonds. The molecule has 0 saturated carbocycles. The molecule has 0 spiro atoms. The van der Waals surface area contributed by atoms with E-state index >= 15 is 0 Å². The minimum atomic E-state index is 0.749. The molecule has 0 aromatic heterocycles. The van der Waals surface area contributed by atoms with E-state index < -0.39 is 0 Å². The number of hydrogen-bond donors (Lipinski definition) is 1. The molecule has 0 aliphatic carbocycles. The lowest BCUT2D eigenvalue weighted by atomic mass is 10.1. The fourth-order valence-electron chi connectivity index (χ4n) is 2.14. The van der Waals surface area contributed by atoms with E-state index in [2.05, 4.69) is 39.0 Å². The second-order valence-corrected chi connectivity index (χ2v) is 5.18. The molecule has 0 bridgehead atoms. The number of aryl methyl sites for hydroxylation is 1. The molecule has 94 valence electrons. The van der Waals surface area contributed by atoms with E-state index in [1.807, 2.05) is 0 Å². The summed E-state index contributed by atoms with van der Waals surface area (Å²) in [5.41, 5.74) is 8.31. The van der Waals surface area contributed by atoms with E-state index in [-0.39, 0.29) is 0 Å². The highest BCUT2D eigenvalue weighted by atomic mass is 79.9. The largest absolute Gasteiger partial charge is 0.378 e. The highest BCUT2D eigenvalue weighted by Gasteiger charge is 2.14. The lowest BCUT2D eigenvalue weighted by Crippen LogP contribution is -2.36. The standard InChI is InChI=1S/C13H19BrN2O/c14-12-4-3-11(2-1-5-15)13(10-12)16-6-8-17-9-7-16/h3-4,10H,1-2,5-9,15H2. The average molecular weight is 299 g/mol. The molecule has 0 atom stereocenters. The smallest absolute Gasteiger partial charge is 0.0642 e. The van der Waals surface area contributed by atoms with Crippen LogP contribution in [0.5, 0.6) is 0 Å². The fourth-order valence-corrected chi connectivity index (χ4v) is 2.49. The molecule has 1 aliphatic rings. The summed E-state index contributed by atoms with van der Waals surface area (Å²) in [4.78, 5) is 2.40. The van der Waals surface area contributed by atoms with Crippen LogP contribution in [-0.4, -0.2) is 32.8 Å². The van der Waals surface area contributed by atoms with E-state index in [1.54, 1.807) is 0 Å². The molecule has 2 rings (SSSR count). The normalized spacial score (nSPS) is 16.2. The maximum absolute atomic E-state index is 5.59. The second kappa shape index (κ2) is 6.38. The Bertz CT molecular complexity index is 364. The fraction of sp³-hybridized carbons (Fsp3) is 0.538. The van der Waals surface area contributed by atoms with Crippen molar-refractivity contribution in [2.45, 2.75) is 12.8 Å². The van der Waals surface area contributed by atoms with Crippen LogP contribution in [0.1, 0.15) is 12.0 Å². The quantitative estimate of drug-likeness (QED) is 0.926. The molecular formula is C13H19BrN2O. The van der Waals surface area contributed by atoms with E-state index in [4.69, 9.17) is 10.5 Å². The first kappa shape index (κ1) is 12.9. The molecule has 17 heavy (non-hydrogen) atoms. The summed E-state index contributed by atoms with van der Waals surface area (Å²) in [6.07, 6.45) is 2.09. The molecule has 0 radical (unpaired) electrons. The molecule has 1 aromatic carbocycles. The average Bonchev–Trinajstić information content (AvgIpc) is 2.38. The first-order valence-corrected chi connectivity index (χ1v) is 6.92. The van der Waals surface area contributed by atoms with Crippen LogP contribution < -0.4 is 10.6 Å². The number of ether oxygens (including phenoxy) is 1. The SMILES string of the molecule is NCCCc1ccc(Br)cc1N1CCOCC1. The predicted molar refractivity (Wildman–Crippen MR) is 74.5 cm³/mol. The van der Waals surface area contributed by atoms with E-state index in [1.165, 1.54) is 11.3 Å². The highest BCUT2D eigenvalue weighted by Crippen LogP contribution is 2.26. The van der Waals surface area contributed by atoms with Gasteiger partial charge in [-0.1, -0.05) is 22.0 Å². The third-order valence-corrected chi connectivity index (χ3v) is 3.54. The minimum Gasteiger partial charge on any atom is -0.378 e. The van der Waals surface area contributed by atoms with Crippen molar-refractivity contribution >= 4 is 21.6 Å². The molecule has 1 aliphatic heterocycles. The zero-order valence-corrected chi connectivity index (χ0v) is 11.6. The number of benzene rings is 1. The van der Waals surface area contributed by atoms with Gasteiger partial charge in [-0.05, 0) is 37.1 Å². The van der Waals surface area contributed by atoms with Crippen LogP contribution in [0.15, 0.2) is 22.7 Å². The van der Waals surface area contributed by atoms with Gasteiger partial charge in [0.1, 0.15) is 0 Å². The second-order valence-electron chi connectivity index (χ2n) is 4.26. The molecular weight excluding hydrogens is 280 g/mol. The van der Waals surface area contributed by atoms with E-state index in [0.717, 1.165) is 50.2 Å². The van der Waals surface area contributed by atoms with Crippen molar-refractivity contribution in [3.63, 3.8) is 0 Å². The first-order chi connectivity index (χ1) is 8.31. The van der Waals surface area contributed by atoms with Gasteiger partial charge >= 0.3 is 0 Å². The van der Waals surface area contributed by atoms with Crippen LogP contribution in [0.25, 0.3) is 0 Å². The first-order valence-electron chi connectivity index (χ1n) is 6.12. The summed E-state index contributed by atoms with van der Waals surface area (Å²) in [5, 5.41) is 0. The van der Waals surface area contributed by atoms with Crippen LogP contribution >= 0.6 is 15.9 Å². The van der Waals surface area contributed by atoms with Crippen molar-refractivity contribution < 1.29 is 4.74 Å². The number of anilines is 1. The molecule has 1 saturated heterocycles. The van der Waals surface area contributed by atoms with Crippen molar-refractivity contribution in [2.24, 2.45) is 5.73 Å². The highest BCUT2D eigenvalue weighted by molar-refractivity contribution is 9.10. The van der Waals surface area contributed by atoms with E-state index in [9.17, 15) is 0 Å². The Hall–Kier alpha value is -0.580. The Morgan fingerprint density at radius 1 is 1.29 bits per heavy atom. The lowest BCUT2D eigenvalue weighted by molar-refractivity contribution is 0.122. The van der Waals surface area contributed by atoms with Crippen LogP contribution in [0.4, 0.5) is 5.69 Å². The maximum atomic E-state index is 5.59. The van der Waals surface area contributed by atoms with Gasteiger partial charge in [-0.25, -0.2) is 0 Å². The molecule has 2 N–H and O–H groups in total. The van der Waals surface area contributed by atoms with Gasteiger partial charge in [0.05, 0.1) is 13.2 Å². The van der Waals surface area contributed by atoms with Crippen molar-refractivity contribution in [2.75, 3.05) is 37.7 Å².